The predicted molar refractivity (Wildman–Crippen MR) is 39.4 cm³/mol. The van der Waals surface area contributed by atoms with Crippen LogP contribution in [0.2, 0.25) is 19.1 Å². The van der Waals surface area contributed by atoms with Crippen molar-refractivity contribution in [3.8, 4) is 0 Å². The van der Waals surface area contributed by atoms with Crippen molar-refractivity contribution >= 4 is 31.8 Å². The zero-order chi connectivity index (χ0) is 4.99. The van der Waals surface area contributed by atoms with Crippen molar-refractivity contribution in [1.29, 1.82) is 0 Å². The van der Waals surface area contributed by atoms with E-state index in [-0.39, 0.29) is 44.3 Å². The quantitative estimate of drug-likeness (QED) is 0.335. The third kappa shape index (κ3) is 15.7. The Morgan fingerprint density at radius 3 is 1.75 bits per heavy atom. The Bertz CT molecular complexity index is 33.6. The summed E-state index contributed by atoms with van der Waals surface area (Å²) >= 11 is 0. The van der Waals surface area contributed by atoms with Gasteiger partial charge in [-0.05, 0) is 0 Å². The topological polar surface area (TPSA) is 0 Å². The van der Waals surface area contributed by atoms with E-state index < -0.39 is 0 Å². The van der Waals surface area contributed by atoms with E-state index in [9.17, 15) is 0 Å². The van der Waals surface area contributed by atoms with Gasteiger partial charge in [-0.15, -0.1) is 0 Å². The van der Waals surface area contributed by atoms with Crippen molar-refractivity contribution in [3.05, 3.63) is 6.92 Å². The van der Waals surface area contributed by atoms with Crippen LogP contribution in [0.3, 0.4) is 0 Å². The van der Waals surface area contributed by atoms with Gasteiger partial charge >= 0.3 is 23.1 Å². The molecule has 0 aliphatic heterocycles. The molecule has 0 aromatic carbocycles. The standard InChI is InChI=1S/C5H13Si.ClH.Mg/c1-4-5-6(2)3;;/h6H,1,4-5H2,2-3H3;1H;/q-1;;+2/p-1. The van der Waals surface area contributed by atoms with E-state index in [1.54, 1.807) is 0 Å². The van der Waals surface area contributed by atoms with E-state index in [0.29, 0.717) is 0 Å². The van der Waals surface area contributed by atoms with Crippen LogP contribution in [0.5, 0.6) is 0 Å². The Hall–Kier alpha value is 1.27. The summed E-state index contributed by atoms with van der Waals surface area (Å²) in [4.78, 5) is 0. The second-order valence-corrected chi connectivity index (χ2v) is 5.40. The van der Waals surface area contributed by atoms with Gasteiger partial charge in [-0.3, -0.25) is 0 Å². The van der Waals surface area contributed by atoms with Crippen molar-refractivity contribution in [1.82, 2.24) is 0 Å². The average Bonchev–Trinajstić information content (AvgIpc) is 1.35. The molecule has 0 N–H and O–H groups in total. The van der Waals surface area contributed by atoms with Crippen molar-refractivity contribution < 1.29 is 12.4 Å². The van der Waals surface area contributed by atoms with E-state index in [2.05, 4.69) is 20.0 Å². The first-order valence-corrected chi connectivity index (χ1v) is 5.69. The Kier molecular flexibility index (Phi) is 22.4. The van der Waals surface area contributed by atoms with Crippen LogP contribution in [0.25, 0.3) is 0 Å². The molecule has 0 aromatic rings. The number of hydrogen-bond acceptors (Lipinski definition) is 0. The van der Waals surface area contributed by atoms with Gasteiger partial charge in [-0.1, -0.05) is 19.1 Å². The van der Waals surface area contributed by atoms with Gasteiger partial charge in [0.15, 0.2) is 0 Å². The molecule has 0 fully saturated rings. The zero-order valence-corrected chi connectivity index (χ0v) is 9.11. The maximum atomic E-state index is 3.76. The first kappa shape index (κ1) is 16.1. The van der Waals surface area contributed by atoms with Crippen LogP contribution < -0.4 is 12.4 Å². The molecule has 46 valence electrons. The van der Waals surface area contributed by atoms with Gasteiger partial charge in [0, 0.05) is 8.80 Å². The van der Waals surface area contributed by atoms with E-state index in [1.807, 2.05) is 0 Å². The Morgan fingerprint density at radius 1 is 1.38 bits per heavy atom. The predicted octanol–water partition coefficient (Wildman–Crippen LogP) is -1.68. The summed E-state index contributed by atoms with van der Waals surface area (Å²) in [6, 6.07) is 1.40. The number of hydrogen-bond donors (Lipinski definition) is 0. The molecular formula is C5H13ClMgSi. The van der Waals surface area contributed by atoms with E-state index in [0.717, 1.165) is 6.42 Å². The fraction of sp³-hybridized carbons (Fsp3) is 0.800. The van der Waals surface area contributed by atoms with Gasteiger partial charge in [-0.25, -0.2) is 0 Å². The summed E-state index contributed by atoms with van der Waals surface area (Å²) in [5.74, 6) is 0. The monoisotopic (exact) mass is 160 g/mol. The Balaban J connectivity index is -0.000000125. The minimum absolute atomic E-state index is 0. The molecule has 0 unspecified atom stereocenters. The molecule has 0 atom stereocenters. The van der Waals surface area contributed by atoms with E-state index in [4.69, 9.17) is 0 Å². The summed E-state index contributed by atoms with van der Waals surface area (Å²) in [5.41, 5.74) is 0. The van der Waals surface area contributed by atoms with E-state index in [1.165, 1.54) is 6.04 Å². The molecule has 0 radical (unpaired) electrons. The van der Waals surface area contributed by atoms with Crippen molar-refractivity contribution in [2.45, 2.75) is 25.6 Å². The number of rotatable bonds is 2. The molecule has 0 saturated carbocycles. The van der Waals surface area contributed by atoms with Crippen molar-refractivity contribution in [3.63, 3.8) is 0 Å². The van der Waals surface area contributed by atoms with Crippen molar-refractivity contribution in [2.75, 3.05) is 0 Å². The molecule has 0 nitrogen and oxygen atoms in total. The third-order valence-electron chi connectivity index (χ3n) is 0.781. The summed E-state index contributed by atoms with van der Waals surface area (Å²) in [6.07, 6.45) is 1.14. The van der Waals surface area contributed by atoms with Crippen LogP contribution in [0, 0.1) is 6.92 Å². The fourth-order valence-electron chi connectivity index (χ4n) is 0.408. The average molecular weight is 161 g/mol. The first-order valence-electron chi connectivity index (χ1n) is 2.56. The molecule has 3 heteroatoms. The molecule has 8 heavy (non-hydrogen) atoms. The van der Waals surface area contributed by atoms with Gasteiger partial charge in [-0.2, -0.15) is 6.42 Å². The van der Waals surface area contributed by atoms with Crippen LogP contribution in [0.1, 0.15) is 6.42 Å². The van der Waals surface area contributed by atoms with Crippen LogP contribution in [-0.2, 0) is 0 Å². The first-order chi connectivity index (χ1) is 2.77. The second-order valence-electron chi connectivity index (χ2n) is 2.04. The molecule has 0 rings (SSSR count). The summed E-state index contributed by atoms with van der Waals surface area (Å²) < 4.78 is 0. The van der Waals surface area contributed by atoms with Gasteiger partial charge in [0.1, 0.15) is 0 Å². The molecule has 0 aliphatic rings. The minimum Gasteiger partial charge on any atom is -1.00 e. The summed E-state index contributed by atoms with van der Waals surface area (Å²) in [6.45, 7) is 8.47. The molecule has 0 spiro atoms. The number of halogens is 1. The SMILES string of the molecule is [CH2-]CC[SiH](C)C.[Cl-].[Mg+2]. The third-order valence-corrected chi connectivity index (χ3v) is 2.34. The normalized spacial score (nSPS) is 7.50. The summed E-state index contributed by atoms with van der Waals surface area (Å²) in [7, 11) is -0.233. The zero-order valence-electron chi connectivity index (χ0n) is 5.78. The molecule has 0 aromatic heterocycles. The van der Waals surface area contributed by atoms with Gasteiger partial charge in [0.2, 0.25) is 0 Å². The van der Waals surface area contributed by atoms with Gasteiger partial charge in [0.25, 0.3) is 0 Å². The Morgan fingerprint density at radius 2 is 1.75 bits per heavy atom. The molecule has 0 aliphatic carbocycles. The largest absolute Gasteiger partial charge is 2.00 e. The maximum absolute atomic E-state index is 3.76. The van der Waals surface area contributed by atoms with Crippen LogP contribution in [-0.4, -0.2) is 31.8 Å². The van der Waals surface area contributed by atoms with E-state index >= 15 is 0 Å². The fourth-order valence-corrected chi connectivity index (χ4v) is 1.22. The van der Waals surface area contributed by atoms with Gasteiger partial charge < -0.3 is 19.3 Å². The molecule has 0 bridgehead atoms. The Labute approximate surface area is 76.6 Å². The van der Waals surface area contributed by atoms with Crippen LogP contribution in [0.15, 0.2) is 0 Å². The van der Waals surface area contributed by atoms with Crippen molar-refractivity contribution in [2.24, 2.45) is 0 Å². The molecule has 0 heterocycles. The van der Waals surface area contributed by atoms with Gasteiger partial charge in [0.05, 0.1) is 0 Å². The molecule has 0 amide bonds. The van der Waals surface area contributed by atoms with Crippen LogP contribution >= 0.6 is 0 Å². The molecule has 0 saturated heterocycles. The summed E-state index contributed by atoms with van der Waals surface area (Å²) in [5, 5.41) is 0. The van der Waals surface area contributed by atoms with Crippen LogP contribution in [0.4, 0.5) is 0 Å². The maximum Gasteiger partial charge on any atom is 2.00 e. The second kappa shape index (κ2) is 11.1. The smallest absolute Gasteiger partial charge is 1.00 e. The molecular weight excluding hydrogens is 148 g/mol. The minimum atomic E-state index is -0.233.